The summed E-state index contributed by atoms with van der Waals surface area (Å²) < 4.78 is 26.5. The maximum absolute atomic E-state index is 13.5. The van der Waals surface area contributed by atoms with E-state index in [0.717, 1.165) is 6.07 Å². The molecular weight excluding hydrogens is 236 g/mol. The molecule has 0 aliphatic heterocycles. The fourth-order valence-electron chi connectivity index (χ4n) is 1.67. The molecule has 2 aromatic rings. The van der Waals surface area contributed by atoms with E-state index in [1.165, 1.54) is 12.1 Å². The average molecular weight is 247 g/mol. The lowest BCUT2D eigenvalue weighted by Gasteiger charge is -2.11. The molecule has 2 rings (SSSR count). The SMILES string of the molecule is NC(C(=O)c1cccc(F)c1F)c1ccccc1. The summed E-state index contributed by atoms with van der Waals surface area (Å²) in [6, 6.07) is 11.0. The summed E-state index contributed by atoms with van der Waals surface area (Å²) in [7, 11) is 0. The van der Waals surface area contributed by atoms with Gasteiger partial charge in [0.25, 0.3) is 0 Å². The summed E-state index contributed by atoms with van der Waals surface area (Å²) in [6.07, 6.45) is 0. The molecule has 2 nitrogen and oxygen atoms in total. The molecule has 2 N–H and O–H groups in total. The number of carbonyl (C=O) groups excluding carboxylic acids is 1. The van der Waals surface area contributed by atoms with E-state index < -0.39 is 23.5 Å². The van der Waals surface area contributed by atoms with E-state index in [4.69, 9.17) is 5.73 Å². The minimum absolute atomic E-state index is 0.327. The van der Waals surface area contributed by atoms with E-state index in [2.05, 4.69) is 0 Å². The fraction of sp³-hybridized carbons (Fsp3) is 0.0714. The Hall–Kier alpha value is -2.07. The van der Waals surface area contributed by atoms with Crippen LogP contribution < -0.4 is 5.73 Å². The van der Waals surface area contributed by atoms with Crippen molar-refractivity contribution in [2.75, 3.05) is 0 Å². The maximum atomic E-state index is 13.5. The Morgan fingerprint density at radius 2 is 1.67 bits per heavy atom. The van der Waals surface area contributed by atoms with E-state index in [9.17, 15) is 13.6 Å². The number of carbonyl (C=O) groups is 1. The predicted molar refractivity (Wildman–Crippen MR) is 64.1 cm³/mol. The number of nitrogens with two attached hydrogens (primary N) is 1. The fourth-order valence-corrected chi connectivity index (χ4v) is 1.67. The van der Waals surface area contributed by atoms with E-state index in [1.54, 1.807) is 30.3 Å². The highest BCUT2D eigenvalue weighted by atomic mass is 19.2. The average Bonchev–Trinajstić information content (AvgIpc) is 2.41. The van der Waals surface area contributed by atoms with Gasteiger partial charge in [0.15, 0.2) is 17.4 Å². The molecule has 0 radical (unpaired) electrons. The molecular formula is C14H11F2NO. The van der Waals surface area contributed by atoms with Gasteiger partial charge in [-0.3, -0.25) is 4.79 Å². The van der Waals surface area contributed by atoms with Crippen molar-refractivity contribution in [3.05, 3.63) is 71.3 Å². The third kappa shape index (κ3) is 2.28. The van der Waals surface area contributed by atoms with Crippen LogP contribution in [0.3, 0.4) is 0 Å². The second kappa shape index (κ2) is 5.06. The zero-order chi connectivity index (χ0) is 13.1. The summed E-state index contributed by atoms with van der Waals surface area (Å²) in [5.41, 5.74) is 5.98. The van der Waals surface area contributed by atoms with Gasteiger partial charge in [0.2, 0.25) is 0 Å². The third-order valence-corrected chi connectivity index (χ3v) is 2.66. The molecule has 0 saturated heterocycles. The zero-order valence-electron chi connectivity index (χ0n) is 9.44. The molecule has 0 spiro atoms. The van der Waals surface area contributed by atoms with Gasteiger partial charge in [-0.2, -0.15) is 0 Å². The highest BCUT2D eigenvalue weighted by Crippen LogP contribution is 2.19. The van der Waals surface area contributed by atoms with Crippen molar-refractivity contribution < 1.29 is 13.6 Å². The monoisotopic (exact) mass is 247 g/mol. The van der Waals surface area contributed by atoms with Gasteiger partial charge in [0.1, 0.15) is 0 Å². The van der Waals surface area contributed by atoms with Crippen LogP contribution in [0.1, 0.15) is 22.0 Å². The van der Waals surface area contributed by atoms with Gasteiger partial charge >= 0.3 is 0 Å². The first kappa shape index (κ1) is 12.4. The molecule has 18 heavy (non-hydrogen) atoms. The number of hydrogen-bond donors (Lipinski definition) is 1. The number of ketones is 1. The molecule has 0 aliphatic carbocycles. The molecule has 0 heterocycles. The minimum atomic E-state index is -1.16. The molecule has 92 valence electrons. The lowest BCUT2D eigenvalue weighted by Crippen LogP contribution is -2.22. The van der Waals surface area contributed by atoms with Crippen LogP contribution in [0.15, 0.2) is 48.5 Å². The Morgan fingerprint density at radius 3 is 2.33 bits per heavy atom. The summed E-state index contributed by atoms with van der Waals surface area (Å²) in [5.74, 6) is -2.85. The van der Waals surface area contributed by atoms with Crippen LogP contribution in [-0.2, 0) is 0 Å². The van der Waals surface area contributed by atoms with E-state index in [0.29, 0.717) is 5.56 Å². The smallest absolute Gasteiger partial charge is 0.187 e. The van der Waals surface area contributed by atoms with Crippen LogP contribution in [0.25, 0.3) is 0 Å². The van der Waals surface area contributed by atoms with Crippen LogP contribution in [0.2, 0.25) is 0 Å². The van der Waals surface area contributed by atoms with Crippen LogP contribution in [0.5, 0.6) is 0 Å². The summed E-state index contributed by atoms with van der Waals surface area (Å²) in [5, 5.41) is 0. The molecule has 0 saturated carbocycles. The first-order valence-corrected chi connectivity index (χ1v) is 5.40. The van der Waals surface area contributed by atoms with Gasteiger partial charge in [-0.05, 0) is 17.7 Å². The van der Waals surface area contributed by atoms with Crippen LogP contribution in [0, 0.1) is 11.6 Å². The van der Waals surface area contributed by atoms with Crippen molar-refractivity contribution in [3.8, 4) is 0 Å². The summed E-state index contributed by atoms with van der Waals surface area (Å²) in [4.78, 5) is 12.0. The van der Waals surface area contributed by atoms with E-state index >= 15 is 0 Å². The van der Waals surface area contributed by atoms with Crippen LogP contribution in [-0.4, -0.2) is 5.78 Å². The van der Waals surface area contributed by atoms with Gasteiger partial charge in [0, 0.05) is 0 Å². The van der Waals surface area contributed by atoms with E-state index in [-0.39, 0.29) is 5.56 Å². The topological polar surface area (TPSA) is 43.1 Å². The van der Waals surface area contributed by atoms with Gasteiger partial charge in [-0.15, -0.1) is 0 Å². The molecule has 0 aromatic heterocycles. The normalized spacial score (nSPS) is 12.2. The molecule has 2 aromatic carbocycles. The van der Waals surface area contributed by atoms with Crippen molar-refractivity contribution in [2.45, 2.75) is 6.04 Å². The summed E-state index contributed by atoms with van der Waals surface area (Å²) in [6.45, 7) is 0. The number of rotatable bonds is 3. The molecule has 4 heteroatoms. The van der Waals surface area contributed by atoms with Crippen molar-refractivity contribution in [2.24, 2.45) is 5.73 Å². The van der Waals surface area contributed by atoms with Crippen LogP contribution in [0.4, 0.5) is 8.78 Å². The Morgan fingerprint density at radius 1 is 1.00 bits per heavy atom. The minimum Gasteiger partial charge on any atom is -0.318 e. The Balaban J connectivity index is 2.35. The van der Waals surface area contributed by atoms with Crippen molar-refractivity contribution in [3.63, 3.8) is 0 Å². The van der Waals surface area contributed by atoms with Crippen molar-refractivity contribution >= 4 is 5.78 Å². The lowest BCUT2D eigenvalue weighted by molar-refractivity contribution is 0.0956. The lowest BCUT2D eigenvalue weighted by atomic mass is 9.98. The number of benzene rings is 2. The highest BCUT2D eigenvalue weighted by molar-refractivity contribution is 6.00. The maximum Gasteiger partial charge on any atom is 0.187 e. The Bertz CT molecular complexity index is 569. The first-order valence-electron chi connectivity index (χ1n) is 5.40. The quantitative estimate of drug-likeness (QED) is 0.847. The molecule has 1 unspecified atom stereocenters. The number of hydrogen-bond acceptors (Lipinski definition) is 2. The van der Waals surface area contributed by atoms with Gasteiger partial charge in [0.05, 0.1) is 11.6 Å². The first-order chi connectivity index (χ1) is 8.61. The highest BCUT2D eigenvalue weighted by Gasteiger charge is 2.22. The zero-order valence-corrected chi connectivity index (χ0v) is 9.44. The number of Topliss-reactive ketones (excluding diaryl/α,β-unsaturated/α-hetero) is 1. The second-order valence-corrected chi connectivity index (χ2v) is 3.85. The summed E-state index contributed by atoms with van der Waals surface area (Å²) >= 11 is 0. The van der Waals surface area contributed by atoms with Crippen LogP contribution >= 0.6 is 0 Å². The Labute approximate surface area is 103 Å². The third-order valence-electron chi connectivity index (χ3n) is 2.66. The molecule has 0 bridgehead atoms. The standard InChI is InChI=1S/C14H11F2NO/c15-11-8-4-7-10(12(11)16)14(18)13(17)9-5-2-1-3-6-9/h1-8,13H,17H2. The van der Waals surface area contributed by atoms with Gasteiger partial charge < -0.3 is 5.73 Å². The van der Waals surface area contributed by atoms with Crippen molar-refractivity contribution in [1.82, 2.24) is 0 Å². The van der Waals surface area contributed by atoms with Gasteiger partial charge in [-0.25, -0.2) is 8.78 Å². The largest absolute Gasteiger partial charge is 0.318 e. The predicted octanol–water partition coefficient (Wildman–Crippen LogP) is 2.85. The molecule has 0 amide bonds. The Kier molecular flexibility index (Phi) is 3.48. The molecule has 0 fully saturated rings. The van der Waals surface area contributed by atoms with Gasteiger partial charge in [-0.1, -0.05) is 36.4 Å². The van der Waals surface area contributed by atoms with Crippen molar-refractivity contribution in [1.29, 1.82) is 0 Å². The van der Waals surface area contributed by atoms with E-state index in [1.807, 2.05) is 0 Å². The molecule has 1 atom stereocenters. The molecule has 0 aliphatic rings. The number of halogens is 2. The second-order valence-electron chi connectivity index (χ2n) is 3.85.